The molecule has 7 heteroatoms. The fourth-order valence-electron chi connectivity index (χ4n) is 1.60. The van der Waals surface area contributed by atoms with Crippen molar-refractivity contribution in [2.45, 2.75) is 12.7 Å². The first-order chi connectivity index (χ1) is 8.99. The largest absolute Gasteiger partial charge is 0.484 e. The number of nitrogens with one attached hydrogen (secondary N) is 1. The number of alkyl halides is 3. The molecular formula is C12H12F3N3O. The molecule has 0 amide bonds. The Morgan fingerprint density at radius 3 is 2.47 bits per heavy atom. The standard InChI is InChI=1S/C12H12F3N3O/c13-12(14,15)7-19-10-3-1-8(2-4-10)11-9(5-16)6-17-18-11/h1-4,6H,5,7,16H2,(H,17,18). The molecular weight excluding hydrogens is 259 g/mol. The van der Waals surface area contributed by atoms with E-state index in [9.17, 15) is 13.2 Å². The van der Waals surface area contributed by atoms with Crippen LogP contribution in [0.25, 0.3) is 11.3 Å². The van der Waals surface area contributed by atoms with E-state index in [4.69, 9.17) is 5.73 Å². The highest BCUT2D eigenvalue weighted by molar-refractivity contribution is 5.63. The average Bonchev–Trinajstić information content (AvgIpc) is 2.84. The molecule has 0 saturated carbocycles. The van der Waals surface area contributed by atoms with Crippen LogP contribution in [0.3, 0.4) is 0 Å². The molecule has 0 aliphatic heterocycles. The van der Waals surface area contributed by atoms with Crippen molar-refractivity contribution < 1.29 is 17.9 Å². The number of hydrogen-bond acceptors (Lipinski definition) is 3. The Hall–Kier alpha value is -2.02. The van der Waals surface area contributed by atoms with Crippen LogP contribution in [0.1, 0.15) is 5.56 Å². The lowest BCUT2D eigenvalue weighted by atomic mass is 10.1. The second kappa shape index (κ2) is 5.31. The molecule has 0 radical (unpaired) electrons. The van der Waals surface area contributed by atoms with Crippen LogP contribution in [0, 0.1) is 0 Å². The molecule has 2 aromatic rings. The summed E-state index contributed by atoms with van der Waals surface area (Å²) in [5, 5.41) is 6.67. The summed E-state index contributed by atoms with van der Waals surface area (Å²) in [6, 6.07) is 6.25. The van der Waals surface area contributed by atoms with E-state index in [-0.39, 0.29) is 5.75 Å². The Kier molecular flexibility index (Phi) is 3.75. The minimum Gasteiger partial charge on any atom is -0.484 e. The molecule has 4 nitrogen and oxygen atoms in total. The average molecular weight is 271 g/mol. The van der Waals surface area contributed by atoms with Gasteiger partial charge < -0.3 is 10.5 Å². The van der Waals surface area contributed by atoms with E-state index >= 15 is 0 Å². The van der Waals surface area contributed by atoms with Crippen molar-refractivity contribution in [3.8, 4) is 17.0 Å². The maximum Gasteiger partial charge on any atom is 0.422 e. The van der Waals surface area contributed by atoms with Crippen LogP contribution >= 0.6 is 0 Å². The highest BCUT2D eigenvalue weighted by Crippen LogP contribution is 2.24. The van der Waals surface area contributed by atoms with E-state index in [1.165, 1.54) is 12.1 Å². The van der Waals surface area contributed by atoms with E-state index in [0.29, 0.717) is 6.54 Å². The van der Waals surface area contributed by atoms with Crippen molar-refractivity contribution in [1.82, 2.24) is 10.2 Å². The monoisotopic (exact) mass is 271 g/mol. The number of ether oxygens (including phenoxy) is 1. The first kappa shape index (κ1) is 13.4. The number of aromatic nitrogens is 2. The van der Waals surface area contributed by atoms with Crippen molar-refractivity contribution in [3.63, 3.8) is 0 Å². The van der Waals surface area contributed by atoms with Crippen molar-refractivity contribution in [1.29, 1.82) is 0 Å². The van der Waals surface area contributed by atoms with Gasteiger partial charge in [0.25, 0.3) is 0 Å². The molecule has 1 aromatic carbocycles. The summed E-state index contributed by atoms with van der Waals surface area (Å²) < 4.78 is 40.6. The van der Waals surface area contributed by atoms with Gasteiger partial charge in [-0.15, -0.1) is 0 Å². The fourth-order valence-corrected chi connectivity index (χ4v) is 1.60. The summed E-state index contributed by atoms with van der Waals surface area (Å²) >= 11 is 0. The van der Waals surface area contributed by atoms with Gasteiger partial charge >= 0.3 is 6.18 Å². The third-order valence-electron chi connectivity index (χ3n) is 2.48. The minimum atomic E-state index is -4.34. The van der Waals surface area contributed by atoms with Crippen LogP contribution in [0.2, 0.25) is 0 Å². The molecule has 102 valence electrons. The predicted octanol–water partition coefficient (Wildman–Crippen LogP) is 2.48. The maximum atomic E-state index is 12.0. The molecule has 0 aliphatic rings. The lowest BCUT2D eigenvalue weighted by Gasteiger charge is -2.09. The van der Waals surface area contributed by atoms with Crippen molar-refractivity contribution >= 4 is 0 Å². The van der Waals surface area contributed by atoms with Gasteiger partial charge in [0.2, 0.25) is 0 Å². The van der Waals surface area contributed by atoms with Gasteiger partial charge in [0.15, 0.2) is 6.61 Å². The second-order valence-corrected chi connectivity index (χ2v) is 3.90. The Labute approximate surface area is 107 Å². The van der Waals surface area contributed by atoms with Crippen LogP contribution in [0.4, 0.5) is 13.2 Å². The smallest absolute Gasteiger partial charge is 0.422 e. The van der Waals surface area contributed by atoms with Gasteiger partial charge in [-0.05, 0) is 24.3 Å². The van der Waals surface area contributed by atoms with Crippen molar-refractivity contribution in [3.05, 3.63) is 36.0 Å². The Morgan fingerprint density at radius 2 is 1.89 bits per heavy atom. The molecule has 0 aliphatic carbocycles. The topological polar surface area (TPSA) is 63.9 Å². The maximum absolute atomic E-state index is 12.0. The summed E-state index contributed by atoms with van der Waals surface area (Å²) in [4.78, 5) is 0. The van der Waals surface area contributed by atoms with Gasteiger partial charge in [-0.2, -0.15) is 18.3 Å². The third-order valence-corrected chi connectivity index (χ3v) is 2.48. The van der Waals surface area contributed by atoms with Gasteiger partial charge in [0.05, 0.1) is 11.9 Å². The van der Waals surface area contributed by atoms with Gasteiger partial charge in [0.1, 0.15) is 5.75 Å². The molecule has 0 spiro atoms. The van der Waals surface area contributed by atoms with Crippen molar-refractivity contribution in [2.24, 2.45) is 5.73 Å². The molecule has 0 fully saturated rings. The van der Waals surface area contributed by atoms with Crippen LogP contribution < -0.4 is 10.5 Å². The van der Waals surface area contributed by atoms with Crippen molar-refractivity contribution in [2.75, 3.05) is 6.61 Å². The number of nitrogens with two attached hydrogens (primary N) is 1. The molecule has 0 unspecified atom stereocenters. The number of halogens is 3. The molecule has 3 N–H and O–H groups in total. The number of hydrogen-bond donors (Lipinski definition) is 2. The van der Waals surface area contributed by atoms with E-state index in [1.54, 1.807) is 18.3 Å². The number of benzene rings is 1. The molecule has 0 saturated heterocycles. The molecule has 1 heterocycles. The number of rotatable bonds is 4. The lowest BCUT2D eigenvalue weighted by molar-refractivity contribution is -0.153. The van der Waals surface area contributed by atoms with Gasteiger partial charge in [0, 0.05) is 17.7 Å². The quantitative estimate of drug-likeness (QED) is 0.897. The molecule has 0 atom stereocenters. The summed E-state index contributed by atoms with van der Waals surface area (Å²) in [6.07, 6.45) is -2.72. The summed E-state index contributed by atoms with van der Waals surface area (Å²) in [5.74, 6) is 0.162. The predicted molar refractivity (Wildman–Crippen MR) is 63.5 cm³/mol. The minimum absolute atomic E-state index is 0.162. The van der Waals surface area contributed by atoms with Crippen LogP contribution in [0.5, 0.6) is 5.75 Å². The van der Waals surface area contributed by atoms with Crippen LogP contribution in [0.15, 0.2) is 30.5 Å². The second-order valence-electron chi connectivity index (χ2n) is 3.90. The highest BCUT2D eigenvalue weighted by Gasteiger charge is 2.28. The Bertz CT molecular complexity index is 534. The normalized spacial score (nSPS) is 11.6. The highest BCUT2D eigenvalue weighted by atomic mass is 19.4. The number of aromatic amines is 1. The molecule has 2 rings (SSSR count). The molecule has 1 aromatic heterocycles. The Balaban J connectivity index is 2.10. The number of nitrogens with zero attached hydrogens (tertiary/aromatic N) is 1. The van der Waals surface area contributed by atoms with Gasteiger partial charge in [-0.1, -0.05) is 0 Å². The van der Waals surface area contributed by atoms with Gasteiger partial charge in [-0.25, -0.2) is 0 Å². The summed E-state index contributed by atoms with van der Waals surface area (Å²) in [5.41, 5.74) is 7.93. The summed E-state index contributed by atoms with van der Waals surface area (Å²) in [7, 11) is 0. The van der Waals surface area contributed by atoms with Gasteiger partial charge in [-0.3, -0.25) is 5.10 Å². The zero-order chi connectivity index (χ0) is 13.9. The third kappa shape index (κ3) is 3.47. The Morgan fingerprint density at radius 1 is 1.21 bits per heavy atom. The number of H-pyrrole nitrogens is 1. The van der Waals surface area contributed by atoms with E-state index in [1.807, 2.05) is 0 Å². The SMILES string of the molecule is NCc1cn[nH]c1-c1ccc(OCC(F)(F)F)cc1. The van der Waals surface area contributed by atoms with E-state index in [2.05, 4.69) is 14.9 Å². The fraction of sp³-hybridized carbons (Fsp3) is 0.250. The molecule has 0 bridgehead atoms. The lowest BCUT2D eigenvalue weighted by Crippen LogP contribution is -2.19. The van der Waals surface area contributed by atoms with Crippen LogP contribution in [-0.2, 0) is 6.54 Å². The zero-order valence-electron chi connectivity index (χ0n) is 9.87. The van der Waals surface area contributed by atoms with E-state index < -0.39 is 12.8 Å². The van der Waals surface area contributed by atoms with Crippen LogP contribution in [-0.4, -0.2) is 23.0 Å². The zero-order valence-corrected chi connectivity index (χ0v) is 9.87. The first-order valence-corrected chi connectivity index (χ1v) is 5.52. The summed E-state index contributed by atoms with van der Waals surface area (Å²) in [6.45, 7) is -0.970. The first-order valence-electron chi connectivity index (χ1n) is 5.52. The van der Waals surface area contributed by atoms with E-state index in [0.717, 1.165) is 16.8 Å². The molecule has 19 heavy (non-hydrogen) atoms.